The molecule has 120 valence electrons. The van der Waals surface area contributed by atoms with Crippen LogP contribution < -0.4 is 9.64 Å². The molecule has 2 aromatic carbocycles. The predicted molar refractivity (Wildman–Crippen MR) is 94.9 cm³/mol. The van der Waals surface area contributed by atoms with Gasteiger partial charge < -0.3 is 9.64 Å². The van der Waals surface area contributed by atoms with Gasteiger partial charge in [0, 0.05) is 31.4 Å². The number of methoxy groups -OCH3 is 1. The summed E-state index contributed by atoms with van der Waals surface area (Å²) >= 11 is 3.45. The fourth-order valence-corrected chi connectivity index (χ4v) is 3.20. The van der Waals surface area contributed by atoms with Gasteiger partial charge in [0.2, 0.25) is 0 Å². The van der Waals surface area contributed by atoms with Gasteiger partial charge in [-0.05, 0) is 40.0 Å². The van der Waals surface area contributed by atoms with Crippen LogP contribution >= 0.6 is 15.9 Å². The highest BCUT2D eigenvalue weighted by Crippen LogP contribution is 2.31. The van der Waals surface area contributed by atoms with Crippen molar-refractivity contribution in [3.63, 3.8) is 0 Å². The maximum Gasteiger partial charge on any atom is 0.324 e. The molecule has 5 heteroatoms. The van der Waals surface area contributed by atoms with E-state index in [1.165, 1.54) is 0 Å². The number of carbonyl (C=O) groups excluding carboxylic acids is 1. The Labute approximate surface area is 144 Å². The summed E-state index contributed by atoms with van der Waals surface area (Å²) in [6, 6.07) is 15.9. The Kier molecular flexibility index (Phi) is 4.86. The fraction of sp³-hybridized carbons (Fsp3) is 0.278. The quantitative estimate of drug-likeness (QED) is 0.799. The summed E-state index contributed by atoms with van der Waals surface area (Å²) in [5, 5.41) is 0. The summed E-state index contributed by atoms with van der Waals surface area (Å²) < 4.78 is 6.22. The zero-order valence-corrected chi connectivity index (χ0v) is 14.6. The highest BCUT2D eigenvalue weighted by molar-refractivity contribution is 9.10. The molecule has 0 N–H and O–H groups in total. The summed E-state index contributed by atoms with van der Waals surface area (Å²) in [6.45, 7) is 2.16. The van der Waals surface area contributed by atoms with Crippen molar-refractivity contribution in [3.05, 3.63) is 58.6 Å². The molecule has 0 spiro atoms. The van der Waals surface area contributed by atoms with Crippen LogP contribution in [-0.2, 0) is 6.54 Å². The molecule has 2 aromatic rings. The van der Waals surface area contributed by atoms with Crippen LogP contribution in [0.1, 0.15) is 12.0 Å². The Balaban J connectivity index is 1.79. The van der Waals surface area contributed by atoms with Crippen LogP contribution in [0.4, 0.5) is 10.5 Å². The molecule has 23 heavy (non-hydrogen) atoms. The van der Waals surface area contributed by atoms with Crippen molar-refractivity contribution in [1.29, 1.82) is 0 Å². The second kappa shape index (κ2) is 7.04. The van der Waals surface area contributed by atoms with Crippen LogP contribution in [-0.4, -0.2) is 31.1 Å². The number of carbonyl (C=O) groups is 1. The van der Waals surface area contributed by atoms with E-state index >= 15 is 0 Å². The molecule has 0 aliphatic carbocycles. The summed E-state index contributed by atoms with van der Waals surface area (Å²) in [5.74, 6) is 0.732. The smallest absolute Gasteiger partial charge is 0.324 e. The molecule has 2 amide bonds. The van der Waals surface area contributed by atoms with E-state index in [0.29, 0.717) is 6.54 Å². The lowest BCUT2D eigenvalue weighted by molar-refractivity contribution is 0.192. The van der Waals surface area contributed by atoms with Gasteiger partial charge in [0.15, 0.2) is 0 Å². The van der Waals surface area contributed by atoms with Gasteiger partial charge in [-0.3, -0.25) is 4.90 Å². The Morgan fingerprint density at radius 3 is 2.65 bits per heavy atom. The molecule has 0 saturated carbocycles. The van der Waals surface area contributed by atoms with Gasteiger partial charge in [0.1, 0.15) is 5.75 Å². The number of anilines is 1. The second-order valence-corrected chi connectivity index (χ2v) is 6.37. The first kappa shape index (κ1) is 15.9. The first-order chi connectivity index (χ1) is 11.2. The number of ether oxygens (including phenoxy) is 1. The van der Waals surface area contributed by atoms with Crippen LogP contribution in [0, 0.1) is 0 Å². The van der Waals surface area contributed by atoms with E-state index in [9.17, 15) is 4.79 Å². The van der Waals surface area contributed by atoms with E-state index < -0.39 is 0 Å². The molecule has 0 radical (unpaired) electrons. The van der Waals surface area contributed by atoms with Gasteiger partial charge in [-0.2, -0.15) is 0 Å². The number of hydrogen-bond acceptors (Lipinski definition) is 2. The van der Waals surface area contributed by atoms with Gasteiger partial charge in [0.25, 0.3) is 0 Å². The Morgan fingerprint density at radius 2 is 1.91 bits per heavy atom. The standard InChI is InChI=1S/C18H19BrN2O2/c1-23-17-12-15(8-9-16(17)19)21-11-5-10-20(18(21)22)13-14-6-3-2-4-7-14/h2-4,6-9,12H,5,10-11,13H2,1H3. The number of hydrogen-bond donors (Lipinski definition) is 0. The van der Waals surface area contributed by atoms with Crippen LogP contribution in [0.3, 0.4) is 0 Å². The third-order valence-corrected chi connectivity index (χ3v) is 4.63. The molecule has 0 atom stereocenters. The van der Waals surface area contributed by atoms with Gasteiger partial charge in [-0.1, -0.05) is 30.3 Å². The zero-order valence-electron chi connectivity index (χ0n) is 13.0. The number of benzene rings is 2. The molecule has 4 nitrogen and oxygen atoms in total. The summed E-state index contributed by atoms with van der Waals surface area (Å²) in [4.78, 5) is 16.5. The molecule has 0 aromatic heterocycles. The highest BCUT2D eigenvalue weighted by atomic mass is 79.9. The van der Waals surface area contributed by atoms with E-state index in [-0.39, 0.29) is 6.03 Å². The Hall–Kier alpha value is -2.01. The predicted octanol–water partition coefficient (Wildman–Crippen LogP) is 4.29. The minimum atomic E-state index is 0.0458. The largest absolute Gasteiger partial charge is 0.495 e. The lowest BCUT2D eigenvalue weighted by atomic mass is 10.2. The number of amides is 2. The summed E-state index contributed by atoms with van der Waals surface area (Å²) in [6.07, 6.45) is 0.955. The normalized spacial score (nSPS) is 15.0. The van der Waals surface area contributed by atoms with Gasteiger partial charge in [-0.15, -0.1) is 0 Å². The van der Waals surface area contributed by atoms with E-state index in [4.69, 9.17) is 4.74 Å². The highest BCUT2D eigenvalue weighted by Gasteiger charge is 2.27. The van der Waals surface area contributed by atoms with Crippen molar-refractivity contribution in [2.45, 2.75) is 13.0 Å². The minimum absolute atomic E-state index is 0.0458. The molecule has 0 bridgehead atoms. The zero-order chi connectivity index (χ0) is 16.2. The molecule has 1 fully saturated rings. The summed E-state index contributed by atoms with van der Waals surface area (Å²) in [7, 11) is 1.63. The number of halogens is 1. The van der Waals surface area contributed by atoms with E-state index in [1.54, 1.807) is 7.11 Å². The van der Waals surface area contributed by atoms with Crippen LogP contribution in [0.5, 0.6) is 5.75 Å². The van der Waals surface area contributed by atoms with Crippen molar-refractivity contribution in [3.8, 4) is 5.75 Å². The maximum absolute atomic E-state index is 12.8. The number of nitrogens with zero attached hydrogens (tertiary/aromatic N) is 2. The monoisotopic (exact) mass is 374 g/mol. The molecule has 1 heterocycles. The number of urea groups is 1. The van der Waals surface area contributed by atoms with Gasteiger partial charge >= 0.3 is 6.03 Å². The molecule has 0 unspecified atom stereocenters. The molecule has 1 saturated heterocycles. The third-order valence-electron chi connectivity index (χ3n) is 3.97. The van der Waals surface area contributed by atoms with E-state index in [0.717, 1.165) is 41.0 Å². The molecule has 3 rings (SSSR count). The third kappa shape index (κ3) is 3.50. The second-order valence-electron chi connectivity index (χ2n) is 5.51. The lowest BCUT2D eigenvalue weighted by Crippen LogP contribution is -2.49. The average Bonchev–Trinajstić information content (AvgIpc) is 2.58. The maximum atomic E-state index is 12.8. The minimum Gasteiger partial charge on any atom is -0.495 e. The number of rotatable bonds is 4. The first-order valence-electron chi connectivity index (χ1n) is 7.63. The molecular weight excluding hydrogens is 356 g/mol. The van der Waals surface area contributed by atoms with Crippen molar-refractivity contribution >= 4 is 27.6 Å². The van der Waals surface area contributed by atoms with Crippen molar-refractivity contribution in [1.82, 2.24) is 4.90 Å². The first-order valence-corrected chi connectivity index (χ1v) is 8.42. The van der Waals surface area contributed by atoms with Crippen LogP contribution in [0.25, 0.3) is 0 Å². The van der Waals surface area contributed by atoms with Crippen molar-refractivity contribution in [2.75, 3.05) is 25.1 Å². The average molecular weight is 375 g/mol. The van der Waals surface area contributed by atoms with Crippen LogP contribution in [0.15, 0.2) is 53.0 Å². The topological polar surface area (TPSA) is 32.8 Å². The van der Waals surface area contributed by atoms with Gasteiger partial charge in [0.05, 0.1) is 11.6 Å². The lowest BCUT2D eigenvalue weighted by Gasteiger charge is -2.35. The van der Waals surface area contributed by atoms with Crippen LogP contribution in [0.2, 0.25) is 0 Å². The van der Waals surface area contributed by atoms with E-state index in [1.807, 2.05) is 46.2 Å². The fourth-order valence-electron chi connectivity index (χ4n) is 2.79. The van der Waals surface area contributed by atoms with E-state index in [2.05, 4.69) is 28.1 Å². The molecular formula is C18H19BrN2O2. The van der Waals surface area contributed by atoms with Gasteiger partial charge in [-0.25, -0.2) is 4.79 Å². The Morgan fingerprint density at radius 1 is 1.13 bits per heavy atom. The summed E-state index contributed by atoms with van der Waals surface area (Å²) in [5.41, 5.74) is 2.02. The van der Waals surface area contributed by atoms with Crippen molar-refractivity contribution in [2.24, 2.45) is 0 Å². The van der Waals surface area contributed by atoms with Crippen molar-refractivity contribution < 1.29 is 9.53 Å². The molecule has 1 aliphatic rings. The molecule has 1 aliphatic heterocycles. The SMILES string of the molecule is COc1cc(N2CCCN(Cc3ccccc3)C2=O)ccc1Br. The Bertz CT molecular complexity index is 691.